The predicted octanol–water partition coefficient (Wildman–Crippen LogP) is 0.464. The number of carboxylic acid groups (broad SMARTS) is 2. The second-order valence-corrected chi connectivity index (χ2v) is 11.8. The van der Waals surface area contributed by atoms with Gasteiger partial charge >= 0.3 is 11.9 Å². The number of nitrogens with one attached hydrogen (secondary N) is 2. The van der Waals surface area contributed by atoms with E-state index in [-0.39, 0.29) is 11.8 Å². The molecule has 1 saturated heterocycles. The lowest BCUT2D eigenvalue weighted by molar-refractivity contribution is -0.165. The van der Waals surface area contributed by atoms with Crippen LogP contribution in [0.5, 0.6) is 11.5 Å². The normalized spacial score (nSPS) is 24.8. The van der Waals surface area contributed by atoms with Crippen LogP contribution in [0.25, 0.3) is 0 Å². The zero-order chi connectivity index (χ0) is 31.4. The van der Waals surface area contributed by atoms with Gasteiger partial charge in [-0.15, -0.1) is 0 Å². The maximum absolute atomic E-state index is 13.2. The summed E-state index contributed by atoms with van der Waals surface area (Å²) < 4.78 is 10.9. The van der Waals surface area contributed by atoms with Crippen LogP contribution in [0.4, 0.5) is 0 Å². The van der Waals surface area contributed by atoms with Gasteiger partial charge in [0.05, 0.1) is 6.67 Å². The highest BCUT2D eigenvalue weighted by atomic mass is 16.7. The van der Waals surface area contributed by atoms with Gasteiger partial charge in [-0.1, -0.05) is 49.2 Å². The number of likely N-dealkylation sites (tertiary alicyclic amines) is 1. The Hall–Kier alpha value is -3.75. The number of aliphatic hydroxyl groups excluding tert-OH is 2. The van der Waals surface area contributed by atoms with Crippen LogP contribution in [0.1, 0.15) is 36.8 Å². The minimum absolute atomic E-state index is 0.0278. The summed E-state index contributed by atoms with van der Waals surface area (Å²) in [6, 6.07) is 16.0. The van der Waals surface area contributed by atoms with Gasteiger partial charge in [0, 0.05) is 31.6 Å². The van der Waals surface area contributed by atoms with E-state index in [9.17, 15) is 19.5 Å². The van der Waals surface area contributed by atoms with Gasteiger partial charge in [0.1, 0.15) is 0 Å². The third-order valence-electron chi connectivity index (χ3n) is 9.01. The number of hydrogen-bond donors (Lipinski definition) is 7. The molecule has 3 fully saturated rings. The first-order valence-electron chi connectivity index (χ1n) is 14.8. The summed E-state index contributed by atoms with van der Waals surface area (Å²) in [6.45, 7) is 3.72. The molecule has 0 bridgehead atoms. The summed E-state index contributed by atoms with van der Waals surface area (Å²) >= 11 is 0. The van der Waals surface area contributed by atoms with E-state index in [4.69, 9.17) is 29.9 Å². The lowest BCUT2D eigenvalue weighted by Crippen LogP contribution is -2.51. The lowest BCUT2D eigenvalue weighted by atomic mass is 9.79. The Morgan fingerprint density at radius 2 is 1.52 bits per heavy atom. The van der Waals surface area contributed by atoms with Crippen LogP contribution in [0, 0.1) is 17.8 Å². The van der Waals surface area contributed by atoms with Gasteiger partial charge < -0.3 is 40.3 Å². The van der Waals surface area contributed by atoms with Crippen molar-refractivity contribution in [3.8, 4) is 11.5 Å². The molecular formula is C31H39N3O10. The number of hydrogen-bond acceptors (Lipinski definition) is 10. The number of carboxylic acids is 2. The van der Waals surface area contributed by atoms with Gasteiger partial charge in [-0.3, -0.25) is 15.0 Å². The molecule has 6 rings (SSSR count). The van der Waals surface area contributed by atoms with Crippen LogP contribution in [0.15, 0.2) is 48.5 Å². The third kappa shape index (κ3) is 6.81. The second kappa shape index (κ2) is 13.5. The third-order valence-corrected chi connectivity index (χ3v) is 9.01. The van der Waals surface area contributed by atoms with Crippen molar-refractivity contribution >= 4 is 17.8 Å². The first kappa shape index (κ1) is 31.7. The highest BCUT2D eigenvalue weighted by Crippen LogP contribution is 2.46. The molecule has 1 amide bonds. The molecule has 2 aliphatic heterocycles. The number of fused-ring (bicyclic) bond motifs is 2. The van der Waals surface area contributed by atoms with E-state index in [0.29, 0.717) is 36.9 Å². The molecule has 6 atom stereocenters. The average Bonchev–Trinajstić information content (AvgIpc) is 3.56. The van der Waals surface area contributed by atoms with Crippen LogP contribution in [0.2, 0.25) is 0 Å². The molecule has 0 aromatic heterocycles. The lowest BCUT2D eigenvalue weighted by Gasteiger charge is -2.33. The summed E-state index contributed by atoms with van der Waals surface area (Å²) in [6.07, 6.45) is -0.620. The standard InChI is InChI=1S/C27H33N3O4.C4H6O6/c31-26(27(32,20-8-4-5-9-20)19-6-2-1-3-7-19)29-16-28-25-21-14-30(15-22(21)25)13-18-10-11-23-24(12-18)34-17-33-23;5-1(3(7)8)2(6)4(9)10/h1-3,6-7,10-12,20-22,25,28,32H,4-5,8-9,13-17H2,(H,29,31);1-2,5-6H,(H,7,8)(H,9,10)/t21-,22+,25?,27?;1-,2-/m.1/s1. The van der Waals surface area contributed by atoms with Crippen molar-refractivity contribution in [2.24, 2.45) is 17.8 Å². The molecule has 0 radical (unpaired) electrons. The predicted molar refractivity (Wildman–Crippen MR) is 154 cm³/mol. The zero-order valence-electron chi connectivity index (χ0n) is 24.2. The molecule has 2 aromatic rings. The van der Waals surface area contributed by atoms with Crippen LogP contribution in [-0.4, -0.2) is 93.1 Å². The van der Waals surface area contributed by atoms with Crippen molar-refractivity contribution in [2.75, 3.05) is 26.6 Å². The number of carbonyl (C=O) groups is 3. The molecule has 13 nitrogen and oxygen atoms in total. The Morgan fingerprint density at radius 3 is 2.14 bits per heavy atom. The number of benzene rings is 2. The van der Waals surface area contributed by atoms with Gasteiger partial charge in [0.15, 0.2) is 29.3 Å². The van der Waals surface area contributed by atoms with Crippen molar-refractivity contribution in [3.05, 3.63) is 59.7 Å². The van der Waals surface area contributed by atoms with Crippen molar-refractivity contribution in [2.45, 2.75) is 56.1 Å². The first-order valence-corrected chi connectivity index (χ1v) is 14.8. The molecule has 2 heterocycles. The summed E-state index contributed by atoms with van der Waals surface area (Å²) in [4.78, 5) is 35.2. The molecular weight excluding hydrogens is 574 g/mol. The molecule has 2 aromatic carbocycles. The number of piperidine rings is 1. The molecule has 13 heteroatoms. The van der Waals surface area contributed by atoms with Gasteiger partial charge in [-0.25, -0.2) is 9.59 Å². The minimum atomic E-state index is -2.27. The topological polar surface area (TPSA) is 198 Å². The number of aliphatic carboxylic acids is 2. The molecule has 2 unspecified atom stereocenters. The molecule has 7 N–H and O–H groups in total. The number of ether oxygens (including phenoxy) is 2. The van der Waals surface area contributed by atoms with Crippen molar-refractivity contribution in [3.63, 3.8) is 0 Å². The molecule has 44 heavy (non-hydrogen) atoms. The van der Waals surface area contributed by atoms with Gasteiger partial charge in [-0.05, 0) is 47.9 Å². The quantitative estimate of drug-likeness (QED) is 0.173. The molecule has 0 spiro atoms. The van der Waals surface area contributed by atoms with Gasteiger partial charge in [0.25, 0.3) is 5.91 Å². The van der Waals surface area contributed by atoms with E-state index < -0.39 is 29.7 Å². The summed E-state index contributed by atoms with van der Waals surface area (Å²) in [5.41, 5.74) is 0.483. The van der Waals surface area contributed by atoms with Gasteiger partial charge in [0.2, 0.25) is 6.79 Å². The molecule has 238 valence electrons. The summed E-state index contributed by atoms with van der Waals surface area (Å²) in [7, 11) is 0. The Kier molecular flexibility index (Phi) is 9.71. The highest BCUT2D eigenvalue weighted by Gasteiger charge is 2.55. The number of nitrogens with zero attached hydrogens (tertiary/aromatic N) is 1. The zero-order valence-corrected chi connectivity index (χ0v) is 24.2. The van der Waals surface area contributed by atoms with E-state index in [0.717, 1.165) is 56.8 Å². The van der Waals surface area contributed by atoms with Crippen molar-refractivity contribution < 1.29 is 49.4 Å². The van der Waals surface area contributed by atoms with Crippen LogP contribution in [-0.2, 0) is 26.5 Å². The average molecular weight is 614 g/mol. The van der Waals surface area contributed by atoms with Crippen molar-refractivity contribution in [1.82, 2.24) is 15.5 Å². The van der Waals surface area contributed by atoms with Crippen LogP contribution < -0.4 is 20.1 Å². The van der Waals surface area contributed by atoms with E-state index in [1.807, 2.05) is 36.4 Å². The SMILES string of the molecule is O=C(NCNC1[C@H]2CN(Cc3ccc4c(c3)OCO4)C[C@@H]12)C(O)(c1ccccc1)C1CCCC1.O=C(O)[C@H](O)[C@@H](O)C(=O)O. The number of amides is 1. The highest BCUT2D eigenvalue weighted by molar-refractivity contribution is 5.86. The molecule has 2 saturated carbocycles. The fourth-order valence-corrected chi connectivity index (χ4v) is 6.59. The van der Waals surface area contributed by atoms with Crippen molar-refractivity contribution in [1.29, 1.82) is 0 Å². The first-order chi connectivity index (χ1) is 21.1. The number of aliphatic hydroxyl groups is 3. The number of carbonyl (C=O) groups excluding carboxylic acids is 1. The van der Waals surface area contributed by atoms with E-state index in [2.05, 4.69) is 27.7 Å². The van der Waals surface area contributed by atoms with E-state index in [1.165, 1.54) is 5.56 Å². The monoisotopic (exact) mass is 613 g/mol. The maximum atomic E-state index is 13.2. The Bertz CT molecular complexity index is 1310. The Balaban J connectivity index is 0.000000333. The van der Waals surface area contributed by atoms with E-state index >= 15 is 0 Å². The largest absolute Gasteiger partial charge is 0.479 e. The molecule has 4 aliphatic rings. The van der Waals surface area contributed by atoms with Gasteiger partial charge in [-0.2, -0.15) is 0 Å². The van der Waals surface area contributed by atoms with Crippen LogP contribution in [0.3, 0.4) is 0 Å². The Morgan fingerprint density at radius 1 is 0.909 bits per heavy atom. The van der Waals surface area contributed by atoms with Crippen LogP contribution >= 0.6 is 0 Å². The molecule has 2 aliphatic carbocycles. The minimum Gasteiger partial charge on any atom is -0.479 e. The maximum Gasteiger partial charge on any atom is 0.335 e. The fraction of sp³-hybridized carbons (Fsp3) is 0.516. The Labute approximate surface area is 254 Å². The fourth-order valence-electron chi connectivity index (χ4n) is 6.59. The van der Waals surface area contributed by atoms with E-state index in [1.54, 1.807) is 0 Å². The smallest absolute Gasteiger partial charge is 0.335 e. The summed E-state index contributed by atoms with van der Waals surface area (Å²) in [5, 5.41) is 50.6. The summed E-state index contributed by atoms with van der Waals surface area (Å²) in [5.74, 6) is -0.947. The second-order valence-electron chi connectivity index (χ2n) is 11.8. The number of rotatable bonds is 11.